The van der Waals surface area contributed by atoms with Gasteiger partial charge in [0.05, 0.1) is 27.3 Å². The average Bonchev–Trinajstić information content (AvgIpc) is 3.25. The van der Waals surface area contributed by atoms with Gasteiger partial charge in [0, 0.05) is 12.0 Å². The molecular weight excluding hydrogens is 513 g/mol. The highest BCUT2D eigenvalue weighted by Gasteiger charge is 2.25. The highest BCUT2D eigenvalue weighted by Crippen LogP contribution is 2.33. The van der Waals surface area contributed by atoms with E-state index in [2.05, 4.69) is 24.5 Å². The Hall–Kier alpha value is -1.52. The molecule has 168 valence electrons. The van der Waals surface area contributed by atoms with Crippen LogP contribution in [0, 0.1) is 0 Å². The predicted octanol–water partition coefficient (Wildman–Crippen LogP) is 4.12. The molecule has 0 bridgehead atoms. The van der Waals surface area contributed by atoms with E-state index < -0.39 is 5.60 Å². The second kappa shape index (κ2) is 11.8. The quantitative estimate of drug-likeness (QED) is 0.250. The Labute approximate surface area is 201 Å². The van der Waals surface area contributed by atoms with Gasteiger partial charge in [-0.15, -0.1) is 24.0 Å². The Morgan fingerprint density at radius 1 is 1.07 bits per heavy atom. The number of aliphatic hydroxyl groups is 1. The zero-order chi connectivity index (χ0) is 21.5. The molecule has 3 N–H and O–H groups in total. The van der Waals surface area contributed by atoms with Crippen LogP contribution in [-0.4, -0.2) is 44.9 Å². The number of hydrogen-bond acceptors (Lipinski definition) is 5. The molecule has 2 rings (SSSR count). The van der Waals surface area contributed by atoms with E-state index in [0.29, 0.717) is 30.5 Å². The number of ether oxygens (including phenoxy) is 2. The van der Waals surface area contributed by atoms with Crippen LogP contribution in [0.3, 0.4) is 0 Å². The number of guanidine groups is 1. The third-order valence-corrected chi connectivity index (χ3v) is 5.57. The zero-order valence-corrected chi connectivity index (χ0v) is 21.8. The predicted molar refractivity (Wildman–Crippen MR) is 136 cm³/mol. The van der Waals surface area contributed by atoms with Gasteiger partial charge < -0.3 is 25.2 Å². The molecule has 1 aromatic heterocycles. The van der Waals surface area contributed by atoms with Crippen molar-refractivity contribution in [3.05, 3.63) is 46.2 Å². The van der Waals surface area contributed by atoms with Crippen molar-refractivity contribution in [3.8, 4) is 11.5 Å². The van der Waals surface area contributed by atoms with Crippen LogP contribution in [0.1, 0.15) is 38.8 Å². The average molecular weight is 548 g/mol. The maximum Gasteiger partial charge on any atom is 0.191 e. The van der Waals surface area contributed by atoms with Crippen molar-refractivity contribution >= 4 is 41.3 Å². The highest BCUT2D eigenvalue weighted by molar-refractivity contribution is 14.0. The maximum atomic E-state index is 10.7. The Balaban J connectivity index is 0.00000450. The molecule has 1 unspecified atom stereocenters. The smallest absolute Gasteiger partial charge is 0.191 e. The van der Waals surface area contributed by atoms with E-state index in [4.69, 9.17) is 14.5 Å². The van der Waals surface area contributed by atoms with Gasteiger partial charge in [-0.3, -0.25) is 4.99 Å². The molecule has 0 radical (unpaired) electrons. The van der Waals surface area contributed by atoms with E-state index in [1.54, 1.807) is 32.5 Å². The molecule has 6 nitrogen and oxygen atoms in total. The van der Waals surface area contributed by atoms with Gasteiger partial charge in [-0.1, -0.05) is 19.9 Å². The van der Waals surface area contributed by atoms with Crippen LogP contribution >= 0.6 is 35.3 Å². The van der Waals surface area contributed by atoms with Crippen molar-refractivity contribution in [1.82, 2.24) is 10.6 Å². The van der Waals surface area contributed by atoms with Gasteiger partial charge >= 0.3 is 0 Å². The number of halogens is 1. The summed E-state index contributed by atoms with van der Waals surface area (Å²) >= 11 is 1.57. The first kappa shape index (κ1) is 26.5. The third-order valence-electron chi connectivity index (χ3n) is 4.88. The number of rotatable bonds is 9. The lowest BCUT2D eigenvalue weighted by atomic mass is 9.84. The Kier molecular flexibility index (Phi) is 10.4. The fourth-order valence-electron chi connectivity index (χ4n) is 2.90. The van der Waals surface area contributed by atoms with Crippen LogP contribution in [0.15, 0.2) is 40.0 Å². The van der Waals surface area contributed by atoms with Crippen molar-refractivity contribution in [1.29, 1.82) is 0 Å². The van der Waals surface area contributed by atoms with Gasteiger partial charge in [0.2, 0.25) is 0 Å². The fourth-order valence-corrected chi connectivity index (χ4v) is 3.68. The summed E-state index contributed by atoms with van der Waals surface area (Å²) in [6, 6.07) is 7.90. The maximum absolute atomic E-state index is 10.7. The minimum atomic E-state index is -0.963. The van der Waals surface area contributed by atoms with E-state index in [9.17, 15) is 5.11 Å². The standard InChI is InChI=1S/C22H33N3O3S.HI/c1-7-23-20(25-15-22(4,26)17-10-11-29-13-17)24-14-21(2,3)16-8-9-18(27-5)19(12-16)28-6;/h8-13,26H,7,14-15H2,1-6H3,(H2,23,24,25);1H. The van der Waals surface area contributed by atoms with Crippen LogP contribution in [0.4, 0.5) is 0 Å². The first-order valence-corrected chi connectivity index (χ1v) is 10.7. The van der Waals surface area contributed by atoms with Crippen LogP contribution in [-0.2, 0) is 11.0 Å². The highest BCUT2D eigenvalue weighted by atomic mass is 127. The van der Waals surface area contributed by atoms with Gasteiger partial charge in [-0.25, -0.2) is 0 Å². The van der Waals surface area contributed by atoms with Gasteiger partial charge in [-0.05, 0) is 53.9 Å². The van der Waals surface area contributed by atoms with Crippen LogP contribution in [0.25, 0.3) is 0 Å². The number of thiophene rings is 1. The number of nitrogens with one attached hydrogen (secondary N) is 2. The van der Waals surface area contributed by atoms with Crippen molar-refractivity contribution in [2.75, 3.05) is 33.9 Å². The largest absolute Gasteiger partial charge is 0.493 e. The van der Waals surface area contributed by atoms with Gasteiger partial charge in [0.1, 0.15) is 5.60 Å². The summed E-state index contributed by atoms with van der Waals surface area (Å²) < 4.78 is 10.8. The topological polar surface area (TPSA) is 75.1 Å². The molecule has 0 fully saturated rings. The summed E-state index contributed by atoms with van der Waals surface area (Å²) in [7, 11) is 3.27. The molecular formula is C22H34IN3O3S. The molecule has 0 aliphatic rings. The number of hydrogen-bond donors (Lipinski definition) is 3. The van der Waals surface area contributed by atoms with Crippen molar-refractivity contribution in [2.24, 2.45) is 4.99 Å². The van der Waals surface area contributed by atoms with Crippen molar-refractivity contribution in [3.63, 3.8) is 0 Å². The van der Waals surface area contributed by atoms with E-state index >= 15 is 0 Å². The number of aliphatic imine (C=N–C) groups is 1. The van der Waals surface area contributed by atoms with E-state index in [-0.39, 0.29) is 29.4 Å². The van der Waals surface area contributed by atoms with Gasteiger partial charge in [0.15, 0.2) is 17.5 Å². The first-order valence-electron chi connectivity index (χ1n) is 9.73. The summed E-state index contributed by atoms with van der Waals surface area (Å²) in [5.74, 6) is 2.09. The number of nitrogens with zero attached hydrogens (tertiary/aromatic N) is 1. The monoisotopic (exact) mass is 547 g/mol. The molecule has 0 amide bonds. The molecule has 0 aliphatic carbocycles. The molecule has 8 heteroatoms. The Bertz CT molecular complexity index is 808. The van der Waals surface area contributed by atoms with E-state index in [1.807, 2.05) is 41.9 Å². The lowest BCUT2D eigenvalue weighted by molar-refractivity contribution is 0.0621. The SMILES string of the molecule is CCNC(=NCC(C)(C)c1ccc(OC)c(OC)c1)NCC(C)(O)c1ccsc1.I. The minimum absolute atomic E-state index is 0. The normalized spacial score (nSPS) is 13.8. The van der Waals surface area contributed by atoms with E-state index in [0.717, 1.165) is 17.7 Å². The molecule has 0 saturated carbocycles. The molecule has 1 aromatic carbocycles. The molecule has 2 aromatic rings. The van der Waals surface area contributed by atoms with Gasteiger partial charge in [-0.2, -0.15) is 11.3 Å². The lowest BCUT2D eigenvalue weighted by Crippen LogP contribution is -2.45. The molecule has 0 aliphatic heterocycles. The molecule has 1 heterocycles. The van der Waals surface area contributed by atoms with Crippen molar-refractivity contribution in [2.45, 2.75) is 38.7 Å². The number of methoxy groups -OCH3 is 2. The molecule has 1 atom stereocenters. The van der Waals surface area contributed by atoms with Crippen LogP contribution in [0.2, 0.25) is 0 Å². The summed E-state index contributed by atoms with van der Waals surface area (Å²) in [5.41, 5.74) is 0.837. The van der Waals surface area contributed by atoms with Crippen molar-refractivity contribution < 1.29 is 14.6 Å². The van der Waals surface area contributed by atoms with Gasteiger partial charge in [0.25, 0.3) is 0 Å². The minimum Gasteiger partial charge on any atom is -0.493 e. The summed E-state index contributed by atoms with van der Waals surface area (Å²) in [6.45, 7) is 9.78. The second-order valence-electron chi connectivity index (χ2n) is 7.79. The van der Waals surface area contributed by atoms with Crippen LogP contribution in [0.5, 0.6) is 11.5 Å². The third kappa shape index (κ3) is 7.02. The fraction of sp³-hybridized carbons (Fsp3) is 0.500. The van der Waals surface area contributed by atoms with Crippen LogP contribution < -0.4 is 20.1 Å². The summed E-state index contributed by atoms with van der Waals surface area (Å²) in [6.07, 6.45) is 0. The second-order valence-corrected chi connectivity index (χ2v) is 8.57. The molecule has 0 saturated heterocycles. The Morgan fingerprint density at radius 2 is 1.77 bits per heavy atom. The molecule has 0 spiro atoms. The first-order chi connectivity index (χ1) is 13.7. The Morgan fingerprint density at radius 3 is 2.33 bits per heavy atom. The number of benzene rings is 1. The summed E-state index contributed by atoms with van der Waals surface area (Å²) in [5, 5.41) is 21.2. The zero-order valence-electron chi connectivity index (χ0n) is 18.6. The van der Waals surface area contributed by atoms with E-state index in [1.165, 1.54) is 0 Å². The lowest BCUT2D eigenvalue weighted by Gasteiger charge is -2.26. The molecule has 30 heavy (non-hydrogen) atoms. The summed E-state index contributed by atoms with van der Waals surface area (Å²) in [4.78, 5) is 4.76.